The Morgan fingerprint density at radius 1 is 0.895 bits per heavy atom. The maximum atomic E-state index is 12.7. The number of ether oxygens (including phenoxy) is 1. The van der Waals surface area contributed by atoms with Gasteiger partial charge in [0.25, 0.3) is 0 Å². The van der Waals surface area contributed by atoms with E-state index in [-0.39, 0.29) is 4.47 Å². The summed E-state index contributed by atoms with van der Waals surface area (Å²) in [7, 11) is 0. The van der Waals surface area contributed by atoms with Gasteiger partial charge in [-0.1, -0.05) is 15.9 Å². The van der Waals surface area contributed by atoms with Gasteiger partial charge in [0.15, 0.2) is 11.6 Å². The fourth-order valence-corrected chi connectivity index (χ4v) is 1.14. The molecule has 1 aromatic carbocycles. The van der Waals surface area contributed by atoms with E-state index in [4.69, 9.17) is 0 Å². The summed E-state index contributed by atoms with van der Waals surface area (Å²) >= 11 is 4.08. The second-order valence-electron chi connectivity index (χ2n) is 2.67. The molecule has 1 aromatic rings. The molecule has 0 radical (unpaired) electrons. The quantitative estimate of drug-likeness (QED) is 0.425. The highest BCUT2D eigenvalue weighted by Crippen LogP contribution is 2.30. The molecule has 11 heteroatoms. The number of rotatable bonds is 1. The first-order valence-corrected chi connectivity index (χ1v) is 5.54. The lowest BCUT2D eigenvalue weighted by Gasteiger charge is -2.10. The van der Waals surface area contributed by atoms with Gasteiger partial charge in [-0.15, -0.1) is 13.2 Å². The van der Waals surface area contributed by atoms with Crippen LogP contribution >= 0.6 is 31.9 Å². The molecule has 0 heterocycles. The van der Waals surface area contributed by atoms with E-state index in [1.165, 1.54) is 15.9 Å². The lowest BCUT2D eigenvalue weighted by molar-refractivity contribution is -0.276. The standard InChI is InChI=1S/C7H2BrF5O.CBrF3/c8-3-1-4(9)6(5(10)2-3)14-7(11,12)13;2-1(3,4)5/h1-2H;. The Hall–Kier alpha value is -0.580. The molecule has 0 saturated heterocycles. The molecule has 0 atom stereocenters. The van der Waals surface area contributed by atoms with E-state index in [9.17, 15) is 35.1 Å². The smallest absolute Gasteiger partial charge is 0.399 e. The van der Waals surface area contributed by atoms with Crippen LogP contribution in [0, 0.1) is 11.6 Å². The minimum absolute atomic E-state index is 0.0120. The van der Waals surface area contributed by atoms with Crippen molar-refractivity contribution < 1.29 is 39.9 Å². The van der Waals surface area contributed by atoms with Gasteiger partial charge in [0.2, 0.25) is 5.75 Å². The third-order valence-corrected chi connectivity index (χ3v) is 1.64. The summed E-state index contributed by atoms with van der Waals surface area (Å²) in [5.41, 5.74) is 0. The highest BCUT2D eigenvalue weighted by atomic mass is 79.9. The van der Waals surface area contributed by atoms with Crippen LogP contribution in [0.25, 0.3) is 0 Å². The molecule has 0 aromatic heterocycles. The van der Waals surface area contributed by atoms with Gasteiger partial charge in [0.1, 0.15) is 0 Å². The fraction of sp³-hybridized carbons (Fsp3) is 0.250. The van der Waals surface area contributed by atoms with Crippen LogP contribution in [0.4, 0.5) is 35.1 Å². The van der Waals surface area contributed by atoms with Crippen molar-refractivity contribution in [1.29, 1.82) is 0 Å². The molecule has 110 valence electrons. The summed E-state index contributed by atoms with van der Waals surface area (Å²) in [5, 5.41) is -4.19. The van der Waals surface area contributed by atoms with Gasteiger partial charge < -0.3 is 4.74 Å². The fourth-order valence-electron chi connectivity index (χ4n) is 0.742. The van der Waals surface area contributed by atoms with Crippen LogP contribution in [0.15, 0.2) is 16.6 Å². The number of hydrogen-bond donors (Lipinski definition) is 0. The molecule has 1 rings (SSSR count). The van der Waals surface area contributed by atoms with Gasteiger partial charge in [-0.25, -0.2) is 8.78 Å². The molecule has 0 unspecified atom stereocenters. The number of benzene rings is 1. The van der Waals surface area contributed by atoms with Crippen molar-refractivity contribution in [3.63, 3.8) is 0 Å². The van der Waals surface area contributed by atoms with E-state index in [1.807, 2.05) is 0 Å². The number of hydrogen-bond acceptors (Lipinski definition) is 1. The minimum Gasteiger partial charge on any atom is -0.399 e. The molecule has 19 heavy (non-hydrogen) atoms. The maximum absolute atomic E-state index is 12.7. The summed E-state index contributed by atoms with van der Waals surface area (Å²) in [6, 6.07) is 1.34. The van der Waals surface area contributed by atoms with Crippen molar-refractivity contribution in [1.82, 2.24) is 0 Å². The van der Waals surface area contributed by atoms with Crippen LogP contribution in [0.2, 0.25) is 0 Å². The Morgan fingerprint density at radius 2 is 1.21 bits per heavy atom. The molecule has 0 spiro atoms. The van der Waals surface area contributed by atoms with Crippen LogP contribution in [0.3, 0.4) is 0 Å². The third-order valence-electron chi connectivity index (χ3n) is 1.18. The Bertz CT molecular complexity index is 399. The maximum Gasteiger partial charge on any atom is 0.573 e. The molecule has 0 aliphatic heterocycles. The highest BCUT2D eigenvalue weighted by Gasteiger charge is 2.34. The molecule has 1 nitrogen and oxygen atoms in total. The van der Waals surface area contributed by atoms with Gasteiger partial charge in [-0.05, 0) is 12.1 Å². The monoisotopic (exact) mass is 424 g/mol. The van der Waals surface area contributed by atoms with E-state index < -0.39 is 28.8 Å². The average molecular weight is 426 g/mol. The number of alkyl halides is 7. The SMILES string of the molecule is FC(F)(F)Br.Fc1cc(Br)cc(F)c1OC(F)(F)F. The van der Waals surface area contributed by atoms with Gasteiger partial charge in [-0.2, -0.15) is 13.2 Å². The lowest BCUT2D eigenvalue weighted by atomic mass is 10.3. The van der Waals surface area contributed by atoms with E-state index in [0.29, 0.717) is 12.1 Å². The summed E-state index contributed by atoms with van der Waals surface area (Å²) in [6.07, 6.45) is -5.12. The summed E-state index contributed by atoms with van der Waals surface area (Å²) < 4.78 is 94.3. The molecule has 0 fully saturated rings. The average Bonchev–Trinajstić information content (AvgIpc) is 2.06. The first kappa shape index (κ1) is 18.4. The number of halogens is 10. The molecule has 0 N–H and O–H groups in total. The van der Waals surface area contributed by atoms with Crippen molar-refractivity contribution in [2.75, 3.05) is 0 Å². The van der Waals surface area contributed by atoms with Crippen LogP contribution < -0.4 is 4.74 Å². The van der Waals surface area contributed by atoms with Crippen LogP contribution in [0.5, 0.6) is 5.75 Å². The molecular weight excluding hydrogens is 424 g/mol. The Kier molecular flexibility index (Phi) is 6.52. The van der Waals surface area contributed by atoms with Gasteiger partial charge in [0.05, 0.1) is 0 Å². The Balaban J connectivity index is 0.000000555. The van der Waals surface area contributed by atoms with Crippen LogP contribution in [0.1, 0.15) is 0 Å². The zero-order valence-corrected chi connectivity index (χ0v) is 11.5. The third kappa shape index (κ3) is 9.93. The topological polar surface area (TPSA) is 9.23 Å². The van der Waals surface area contributed by atoms with Crippen LogP contribution in [-0.2, 0) is 0 Å². The lowest BCUT2D eigenvalue weighted by Crippen LogP contribution is -2.18. The molecule has 0 aliphatic carbocycles. The van der Waals surface area contributed by atoms with Crippen LogP contribution in [-0.4, -0.2) is 11.4 Å². The summed E-state index contributed by atoms with van der Waals surface area (Å²) in [5.74, 6) is -4.30. The van der Waals surface area contributed by atoms with E-state index >= 15 is 0 Å². The summed E-state index contributed by atoms with van der Waals surface area (Å²) in [6.45, 7) is 0. The summed E-state index contributed by atoms with van der Waals surface area (Å²) in [4.78, 5) is 0. The van der Waals surface area contributed by atoms with E-state index in [0.717, 1.165) is 0 Å². The molecule has 0 aliphatic rings. The predicted octanol–water partition coefficient (Wildman–Crippen LogP) is 5.53. The molecule has 0 amide bonds. The zero-order chi connectivity index (χ0) is 15.4. The van der Waals surface area contributed by atoms with E-state index in [2.05, 4.69) is 20.7 Å². The first-order chi connectivity index (χ1) is 8.29. The zero-order valence-electron chi connectivity index (χ0n) is 8.34. The van der Waals surface area contributed by atoms with Crippen molar-refractivity contribution in [2.24, 2.45) is 0 Å². The molecular formula is C8H2Br2F8O. The predicted molar refractivity (Wildman–Crippen MR) is 55.7 cm³/mol. The van der Waals surface area contributed by atoms with Gasteiger partial charge in [0, 0.05) is 20.4 Å². The van der Waals surface area contributed by atoms with Crippen molar-refractivity contribution in [2.45, 2.75) is 11.4 Å². The first-order valence-electron chi connectivity index (χ1n) is 3.95. The second-order valence-corrected chi connectivity index (χ2v) is 4.49. The normalized spacial score (nSPS) is 11.7. The largest absolute Gasteiger partial charge is 0.573 e. The second kappa shape index (κ2) is 6.73. The van der Waals surface area contributed by atoms with Crippen molar-refractivity contribution >= 4 is 31.9 Å². The highest BCUT2D eigenvalue weighted by molar-refractivity contribution is 9.10. The Morgan fingerprint density at radius 3 is 1.47 bits per heavy atom. The van der Waals surface area contributed by atoms with Gasteiger partial charge >= 0.3 is 11.4 Å². The molecule has 0 saturated carbocycles. The Labute approximate surface area is 117 Å². The van der Waals surface area contributed by atoms with Crippen molar-refractivity contribution in [3.8, 4) is 5.75 Å². The molecule has 0 bridgehead atoms. The van der Waals surface area contributed by atoms with Crippen molar-refractivity contribution in [3.05, 3.63) is 28.2 Å². The minimum atomic E-state index is -5.12. The van der Waals surface area contributed by atoms with Gasteiger partial charge in [-0.3, -0.25) is 0 Å². The van der Waals surface area contributed by atoms with E-state index in [1.54, 1.807) is 0 Å².